The molecule has 1 amide bonds. The van der Waals surface area contributed by atoms with Crippen LogP contribution in [0.5, 0.6) is 0 Å². The molecule has 0 radical (unpaired) electrons. The lowest BCUT2D eigenvalue weighted by molar-refractivity contribution is -0.118. The Morgan fingerprint density at radius 2 is 2.19 bits per heavy atom. The highest BCUT2D eigenvalue weighted by molar-refractivity contribution is 7.09. The smallest absolute Gasteiger partial charge is 0.216 e. The fourth-order valence-corrected chi connectivity index (χ4v) is 1.82. The van der Waals surface area contributed by atoms with Gasteiger partial charge in [-0.1, -0.05) is 13.8 Å². The van der Waals surface area contributed by atoms with Crippen molar-refractivity contribution in [2.75, 3.05) is 18.4 Å². The molecule has 0 aliphatic heterocycles. The number of carbonyl (C=O) groups excluding carboxylic acids is 1. The molecule has 16 heavy (non-hydrogen) atoms. The number of carbonyl (C=O) groups is 1. The third kappa shape index (κ3) is 4.57. The van der Waals surface area contributed by atoms with E-state index in [0.29, 0.717) is 12.5 Å². The molecule has 0 fully saturated rings. The van der Waals surface area contributed by atoms with E-state index in [2.05, 4.69) is 33.8 Å². The summed E-state index contributed by atoms with van der Waals surface area (Å²) in [5.41, 5.74) is 0. The van der Waals surface area contributed by atoms with E-state index in [1.807, 2.05) is 0 Å². The SMILES string of the molecule is CC(=O)NCCCNc1nc(C(C)C)ns1. The Hall–Kier alpha value is -1.17. The number of hydrogen-bond acceptors (Lipinski definition) is 5. The number of amides is 1. The molecule has 1 aromatic heterocycles. The quantitative estimate of drug-likeness (QED) is 0.744. The summed E-state index contributed by atoms with van der Waals surface area (Å²) in [5, 5.41) is 6.78. The first kappa shape index (κ1) is 12.9. The van der Waals surface area contributed by atoms with Crippen molar-refractivity contribution in [1.82, 2.24) is 14.7 Å². The van der Waals surface area contributed by atoms with E-state index in [1.54, 1.807) is 0 Å². The topological polar surface area (TPSA) is 66.9 Å². The molecular weight excluding hydrogens is 224 g/mol. The molecule has 0 atom stereocenters. The summed E-state index contributed by atoms with van der Waals surface area (Å²) in [6.07, 6.45) is 0.885. The van der Waals surface area contributed by atoms with Crippen LogP contribution in [0.4, 0.5) is 5.13 Å². The molecule has 90 valence electrons. The molecular formula is C10H18N4OS. The molecule has 0 aromatic carbocycles. The molecule has 0 bridgehead atoms. The zero-order valence-electron chi connectivity index (χ0n) is 9.91. The number of anilines is 1. The average molecular weight is 242 g/mol. The van der Waals surface area contributed by atoms with Crippen molar-refractivity contribution in [3.8, 4) is 0 Å². The standard InChI is InChI=1S/C10H18N4OS/c1-7(2)9-13-10(16-14-9)12-6-4-5-11-8(3)15/h7H,4-6H2,1-3H3,(H,11,15)(H,12,13,14). The van der Waals surface area contributed by atoms with E-state index >= 15 is 0 Å². The van der Waals surface area contributed by atoms with Gasteiger partial charge in [0.1, 0.15) is 5.82 Å². The molecule has 6 heteroatoms. The van der Waals surface area contributed by atoms with Gasteiger partial charge in [0, 0.05) is 37.5 Å². The normalized spacial score (nSPS) is 10.5. The summed E-state index contributed by atoms with van der Waals surface area (Å²) in [5.74, 6) is 1.26. The van der Waals surface area contributed by atoms with Crippen molar-refractivity contribution in [1.29, 1.82) is 0 Å². The van der Waals surface area contributed by atoms with E-state index in [0.717, 1.165) is 23.9 Å². The Morgan fingerprint density at radius 1 is 1.44 bits per heavy atom. The molecule has 0 saturated carbocycles. The Labute approximate surface area is 99.8 Å². The molecule has 0 saturated heterocycles. The van der Waals surface area contributed by atoms with E-state index in [4.69, 9.17) is 0 Å². The largest absolute Gasteiger partial charge is 0.360 e. The summed E-state index contributed by atoms with van der Waals surface area (Å²) in [4.78, 5) is 15.0. The minimum absolute atomic E-state index is 0.0120. The van der Waals surface area contributed by atoms with Crippen molar-refractivity contribution < 1.29 is 4.79 Å². The van der Waals surface area contributed by atoms with Crippen LogP contribution in [0.25, 0.3) is 0 Å². The van der Waals surface area contributed by atoms with Gasteiger partial charge in [0.2, 0.25) is 11.0 Å². The molecule has 0 unspecified atom stereocenters. The Morgan fingerprint density at radius 3 is 2.75 bits per heavy atom. The first-order valence-corrected chi connectivity index (χ1v) is 6.19. The summed E-state index contributed by atoms with van der Waals surface area (Å²) < 4.78 is 4.24. The van der Waals surface area contributed by atoms with Crippen molar-refractivity contribution >= 4 is 22.6 Å². The zero-order valence-corrected chi connectivity index (χ0v) is 10.7. The highest BCUT2D eigenvalue weighted by atomic mass is 32.1. The van der Waals surface area contributed by atoms with Gasteiger partial charge in [-0.3, -0.25) is 4.79 Å². The predicted molar refractivity (Wildman–Crippen MR) is 65.8 cm³/mol. The summed E-state index contributed by atoms with van der Waals surface area (Å²) in [6.45, 7) is 7.16. The summed E-state index contributed by atoms with van der Waals surface area (Å²) >= 11 is 1.38. The lowest BCUT2D eigenvalue weighted by Crippen LogP contribution is -2.22. The first-order chi connectivity index (χ1) is 7.59. The van der Waals surface area contributed by atoms with E-state index < -0.39 is 0 Å². The van der Waals surface area contributed by atoms with Crippen molar-refractivity contribution in [2.45, 2.75) is 33.1 Å². The van der Waals surface area contributed by atoms with Crippen molar-refractivity contribution in [3.63, 3.8) is 0 Å². The van der Waals surface area contributed by atoms with Crippen LogP contribution in [0, 0.1) is 0 Å². The Bertz CT molecular complexity index is 337. The van der Waals surface area contributed by atoms with E-state index in [9.17, 15) is 4.79 Å². The monoisotopic (exact) mass is 242 g/mol. The molecule has 0 aliphatic rings. The van der Waals surface area contributed by atoms with E-state index in [-0.39, 0.29) is 5.91 Å². The van der Waals surface area contributed by atoms with Gasteiger partial charge in [-0.25, -0.2) is 4.98 Å². The van der Waals surface area contributed by atoms with Crippen LogP contribution in [-0.4, -0.2) is 28.4 Å². The fraction of sp³-hybridized carbons (Fsp3) is 0.700. The van der Waals surface area contributed by atoms with Crippen LogP contribution in [0.15, 0.2) is 0 Å². The minimum atomic E-state index is 0.0120. The number of nitrogens with zero attached hydrogens (tertiary/aromatic N) is 2. The van der Waals surface area contributed by atoms with Gasteiger partial charge in [0.05, 0.1) is 0 Å². The van der Waals surface area contributed by atoms with Crippen LogP contribution >= 0.6 is 11.5 Å². The second kappa shape index (κ2) is 6.42. The molecule has 0 spiro atoms. The van der Waals surface area contributed by atoms with Gasteiger partial charge in [-0.15, -0.1) is 0 Å². The van der Waals surface area contributed by atoms with Crippen molar-refractivity contribution in [3.05, 3.63) is 5.82 Å². The van der Waals surface area contributed by atoms with Crippen LogP contribution in [-0.2, 0) is 4.79 Å². The van der Waals surface area contributed by atoms with Crippen LogP contribution in [0.2, 0.25) is 0 Å². The van der Waals surface area contributed by atoms with Gasteiger partial charge >= 0.3 is 0 Å². The molecule has 5 nitrogen and oxygen atoms in total. The fourth-order valence-electron chi connectivity index (χ4n) is 1.09. The van der Waals surface area contributed by atoms with Crippen LogP contribution in [0.3, 0.4) is 0 Å². The van der Waals surface area contributed by atoms with Crippen molar-refractivity contribution in [2.24, 2.45) is 0 Å². The molecule has 1 rings (SSSR count). The lowest BCUT2D eigenvalue weighted by Gasteiger charge is -2.02. The van der Waals surface area contributed by atoms with Crippen LogP contribution < -0.4 is 10.6 Å². The third-order valence-electron chi connectivity index (χ3n) is 1.96. The number of aromatic nitrogens is 2. The predicted octanol–water partition coefficient (Wildman–Crippen LogP) is 1.60. The van der Waals surface area contributed by atoms with Gasteiger partial charge in [-0.2, -0.15) is 4.37 Å². The van der Waals surface area contributed by atoms with Gasteiger partial charge < -0.3 is 10.6 Å². The van der Waals surface area contributed by atoms with E-state index in [1.165, 1.54) is 18.5 Å². The Kier molecular flexibility index (Phi) is 5.18. The Balaban J connectivity index is 2.19. The zero-order chi connectivity index (χ0) is 12.0. The second-order valence-electron chi connectivity index (χ2n) is 3.88. The van der Waals surface area contributed by atoms with Crippen LogP contribution in [0.1, 0.15) is 38.9 Å². The number of hydrogen-bond donors (Lipinski definition) is 2. The third-order valence-corrected chi connectivity index (χ3v) is 2.65. The highest BCUT2D eigenvalue weighted by Crippen LogP contribution is 2.16. The maximum atomic E-state index is 10.6. The lowest BCUT2D eigenvalue weighted by atomic mass is 10.2. The first-order valence-electron chi connectivity index (χ1n) is 5.41. The highest BCUT2D eigenvalue weighted by Gasteiger charge is 2.06. The maximum Gasteiger partial charge on any atom is 0.216 e. The number of rotatable bonds is 6. The maximum absolute atomic E-state index is 10.6. The average Bonchev–Trinajstić information content (AvgIpc) is 2.65. The van der Waals surface area contributed by atoms with Gasteiger partial charge in [0.15, 0.2) is 0 Å². The molecule has 1 aromatic rings. The summed E-state index contributed by atoms with van der Waals surface area (Å²) in [6, 6.07) is 0. The second-order valence-corrected chi connectivity index (χ2v) is 4.63. The molecule has 2 N–H and O–H groups in total. The number of nitrogens with one attached hydrogen (secondary N) is 2. The minimum Gasteiger partial charge on any atom is -0.360 e. The van der Waals surface area contributed by atoms with Gasteiger partial charge in [0.25, 0.3) is 0 Å². The summed E-state index contributed by atoms with van der Waals surface area (Å²) in [7, 11) is 0. The molecule has 0 aliphatic carbocycles. The molecule has 1 heterocycles. The van der Waals surface area contributed by atoms with Gasteiger partial charge in [-0.05, 0) is 6.42 Å².